The third-order valence-corrected chi connectivity index (χ3v) is 5.88. The van der Waals surface area contributed by atoms with E-state index in [-0.39, 0.29) is 10.9 Å². The average Bonchev–Trinajstić information content (AvgIpc) is 2.99. The van der Waals surface area contributed by atoms with Gasteiger partial charge in [0.1, 0.15) is 11.2 Å². The van der Waals surface area contributed by atoms with Gasteiger partial charge in [0, 0.05) is 25.2 Å². The van der Waals surface area contributed by atoms with Gasteiger partial charge in [-0.3, -0.25) is 0 Å². The normalized spacial score (nSPS) is 23.7. The quantitative estimate of drug-likeness (QED) is 0.828. The van der Waals surface area contributed by atoms with E-state index in [4.69, 9.17) is 0 Å². The predicted molar refractivity (Wildman–Crippen MR) is 70.9 cm³/mol. The van der Waals surface area contributed by atoms with Crippen LogP contribution in [0.5, 0.6) is 0 Å². The summed E-state index contributed by atoms with van der Waals surface area (Å²) in [6, 6.07) is 0.0413. The second kappa shape index (κ2) is 4.63. The molecule has 2 aromatic heterocycles. The fourth-order valence-corrected chi connectivity index (χ4v) is 4.00. The lowest BCUT2D eigenvalue weighted by Crippen LogP contribution is -2.29. The van der Waals surface area contributed by atoms with Crippen LogP contribution in [0.3, 0.4) is 0 Å². The molecule has 0 bridgehead atoms. The van der Waals surface area contributed by atoms with Crippen LogP contribution in [-0.2, 0) is 10.0 Å². The molecular formula is C12H15N5O3S. The van der Waals surface area contributed by atoms with Crippen molar-refractivity contribution in [1.82, 2.24) is 24.5 Å². The maximum atomic E-state index is 12.4. The summed E-state index contributed by atoms with van der Waals surface area (Å²) in [4.78, 5) is 0.0976. The van der Waals surface area contributed by atoms with Crippen molar-refractivity contribution in [2.75, 3.05) is 13.1 Å². The number of sulfonamides is 1. The van der Waals surface area contributed by atoms with Gasteiger partial charge in [-0.2, -0.15) is 4.31 Å². The zero-order chi connectivity index (χ0) is 14.4. The highest BCUT2D eigenvalue weighted by Crippen LogP contribution is 2.39. The standard InChI is InChI=1S/C12H15N5O3S/c18-21(19,11-5-13-20-8-11)16-4-3-10(6-16)17-7-12(14-15-17)9-1-2-9/h5,7-10H,1-4,6H2. The van der Waals surface area contributed by atoms with Crippen molar-refractivity contribution >= 4 is 10.0 Å². The summed E-state index contributed by atoms with van der Waals surface area (Å²) in [6.07, 6.45) is 7.43. The molecule has 1 saturated carbocycles. The minimum Gasteiger partial charge on any atom is -0.363 e. The van der Waals surface area contributed by atoms with Gasteiger partial charge in [-0.15, -0.1) is 5.10 Å². The van der Waals surface area contributed by atoms with E-state index in [0.29, 0.717) is 19.0 Å². The fourth-order valence-electron chi connectivity index (χ4n) is 2.65. The number of hydrogen-bond donors (Lipinski definition) is 0. The van der Waals surface area contributed by atoms with Crippen LogP contribution >= 0.6 is 0 Å². The highest BCUT2D eigenvalue weighted by atomic mass is 32.2. The molecule has 1 aliphatic heterocycles. The molecule has 1 saturated heterocycles. The summed E-state index contributed by atoms with van der Waals surface area (Å²) >= 11 is 0. The molecule has 4 rings (SSSR count). The molecule has 0 radical (unpaired) electrons. The zero-order valence-corrected chi connectivity index (χ0v) is 12.1. The Bertz CT molecular complexity index is 735. The first-order valence-electron chi connectivity index (χ1n) is 6.96. The largest absolute Gasteiger partial charge is 0.363 e. The van der Waals surface area contributed by atoms with Crippen LogP contribution in [0.25, 0.3) is 0 Å². The highest BCUT2D eigenvalue weighted by molar-refractivity contribution is 7.89. The third-order valence-electron chi connectivity index (χ3n) is 4.07. The van der Waals surface area contributed by atoms with E-state index < -0.39 is 10.0 Å². The molecule has 2 aromatic rings. The Morgan fingerprint density at radius 1 is 1.29 bits per heavy atom. The van der Waals surface area contributed by atoms with Gasteiger partial charge in [0.05, 0.1) is 17.9 Å². The van der Waals surface area contributed by atoms with Gasteiger partial charge in [-0.25, -0.2) is 13.1 Å². The molecule has 112 valence electrons. The molecule has 9 heteroatoms. The maximum Gasteiger partial charge on any atom is 0.247 e. The van der Waals surface area contributed by atoms with Crippen LogP contribution in [0.2, 0.25) is 0 Å². The van der Waals surface area contributed by atoms with Gasteiger partial charge in [-0.1, -0.05) is 10.4 Å². The fraction of sp³-hybridized carbons (Fsp3) is 0.583. The molecule has 1 atom stereocenters. The van der Waals surface area contributed by atoms with Crippen molar-refractivity contribution in [2.45, 2.75) is 36.1 Å². The molecule has 0 amide bonds. The van der Waals surface area contributed by atoms with Crippen molar-refractivity contribution in [3.8, 4) is 0 Å². The maximum absolute atomic E-state index is 12.4. The van der Waals surface area contributed by atoms with E-state index in [1.165, 1.54) is 23.3 Å². The van der Waals surface area contributed by atoms with Crippen LogP contribution in [0, 0.1) is 0 Å². The summed E-state index contributed by atoms with van der Waals surface area (Å²) in [5, 5.41) is 11.8. The lowest BCUT2D eigenvalue weighted by molar-refractivity contribution is 0.414. The van der Waals surface area contributed by atoms with E-state index >= 15 is 0 Å². The van der Waals surface area contributed by atoms with Gasteiger partial charge >= 0.3 is 0 Å². The number of hydrogen-bond acceptors (Lipinski definition) is 6. The Labute approximate surface area is 121 Å². The lowest BCUT2D eigenvalue weighted by Gasteiger charge is -2.14. The van der Waals surface area contributed by atoms with Crippen LogP contribution in [-0.4, -0.2) is 46.0 Å². The molecule has 2 fully saturated rings. The molecule has 0 N–H and O–H groups in total. The summed E-state index contributed by atoms with van der Waals surface area (Å²) in [6.45, 7) is 0.873. The first kappa shape index (κ1) is 13.0. The smallest absolute Gasteiger partial charge is 0.247 e. The van der Waals surface area contributed by atoms with Crippen LogP contribution in [0.15, 0.2) is 28.1 Å². The van der Waals surface area contributed by atoms with Gasteiger partial charge < -0.3 is 4.52 Å². The molecule has 1 aliphatic carbocycles. The molecule has 8 nitrogen and oxygen atoms in total. The first-order valence-corrected chi connectivity index (χ1v) is 8.40. The van der Waals surface area contributed by atoms with E-state index in [9.17, 15) is 8.42 Å². The monoisotopic (exact) mass is 309 g/mol. The van der Waals surface area contributed by atoms with E-state index in [0.717, 1.165) is 18.4 Å². The minimum absolute atomic E-state index is 0.0413. The molecule has 1 unspecified atom stereocenters. The SMILES string of the molecule is O=S(=O)(c1cnoc1)N1CCC(n2cc(C3CC3)nn2)C1. The highest BCUT2D eigenvalue weighted by Gasteiger charge is 2.35. The van der Waals surface area contributed by atoms with E-state index in [1.807, 2.05) is 6.20 Å². The molecule has 0 spiro atoms. The summed E-state index contributed by atoms with van der Waals surface area (Å²) < 4.78 is 32.6. The van der Waals surface area contributed by atoms with Crippen LogP contribution < -0.4 is 0 Å². The predicted octanol–water partition coefficient (Wildman–Crippen LogP) is 0.779. The van der Waals surface area contributed by atoms with Crippen molar-refractivity contribution in [1.29, 1.82) is 0 Å². The molecule has 2 aliphatic rings. The van der Waals surface area contributed by atoms with Crippen molar-refractivity contribution in [2.24, 2.45) is 0 Å². The number of aromatic nitrogens is 4. The van der Waals surface area contributed by atoms with E-state index in [1.54, 1.807) is 4.68 Å². The Morgan fingerprint density at radius 3 is 2.86 bits per heavy atom. The molecular weight excluding hydrogens is 294 g/mol. The average molecular weight is 309 g/mol. The van der Waals surface area contributed by atoms with Crippen molar-refractivity contribution < 1.29 is 12.9 Å². The lowest BCUT2D eigenvalue weighted by atomic mass is 10.2. The Kier molecular flexibility index (Phi) is 2.86. The van der Waals surface area contributed by atoms with Crippen LogP contribution in [0.1, 0.15) is 36.9 Å². The third kappa shape index (κ3) is 2.26. The molecule has 21 heavy (non-hydrogen) atoms. The van der Waals surface area contributed by atoms with E-state index in [2.05, 4.69) is 20.0 Å². The van der Waals surface area contributed by atoms with Gasteiger partial charge in [0.2, 0.25) is 10.0 Å². The Morgan fingerprint density at radius 2 is 2.14 bits per heavy atom. The van der Waals surface area contributed by atoms with Gasteiger partial charge in [0.15, 0.2) is 0 Å². The Balaban J connectivity index is 1.51. The first-order chi connectivity index (χ1) is 10.1. The Hall–Kier alpha value is -1.74. The summed E-state index contributed by atoms with van der Waals surface area (Å²) in [7, 11) is -3.52. The number of rotatable bonds is 4. The van der Waals surface area contributed by atoms with Crippen LogP contribution in [0.4, 0.5) is 0 Å². The van der Waals surface area contributed by atoms with Crippen molar-refractivity contribution in [3.63, 3.8) is 0 Å². The molecule has 3 heterocycles. The second-order valence-electron chi connectivity index (χ2n) is 5.56. The summed E-state index contributed by atoms with van der Waals surface area (Å²) in [5.41, 5.74) is 1.02. The minimum atomic E-state index is -3.52. The second-order valence-corrected chi connectivity index (χ2v) is 7.50. The van der Waals surface area contributed by atoms with Gasteiger partial charge in [0.25, 0.3) is 0 Å². The zero-order valence-electron chi connectivity index (χ0n) is 11.3. The molecule has 0 aromatic carbocycles. The van der Waals surface area contributed by atoms with Crippen molar-refractivity contribution in [3.05, 3.63) is 24.4 Å². The topological polar surface area (TPSA) is 94.1 Å². The van der Waals surface area contributed by atoms with Gasteiger partial charge in [-0.05, 0) is 19.3 Å². The number of nitrogens with zero attached hydrogens (tertiary/aromatic N) is 5. The summed E-state index contributed by atoms with van der Waals surface area (Å²) in [5.74, 6) is 0.553.